The fraction of sp³-hybridized carbons (Fsp3) is 0.154. The number of carbonyl (C=O) groups excluding carboxylic acids is 1. The number of benzene rings is 3. The third-order valence-electron chi connectivity index (χ3n) is 5.06. The van der Waals surface area contributed by atoms with E-state index in [1.54, 1.807) is 18.2 Å². The second-order valence-corrected chi connectivity index (χ2v) is 9.87. The Kier molecular flexibility index (Phi) is 7.95. The van der Waals surface area contributed by atoms with Gasteiger partial charge in [-0.15, -0.1) is 0 Å². The summed E-state index contributed by atoms with van der Waals surface area (Å²) >= 11 is 12.3. The van der Waals surface area contributed by atoms with Crippen LogP contribution < -0.4 is 9.47 Å². The van der Waals surface area contributed by atoms with Gasteiger partial charge in [0, 0.05) is 13.6 Å². The lowest BCUT2D eigenvalue weighted by molar-refractivity contribution is -0.129. The zero-order valence-electron chi connectivity index (χ0n) is 18.4. The maximum Gasteiger partial charge on any atom is 0.363 e. The zero-order valence-corrected chi connectivity index (χ0v) is 22.9. The Morgan fingerprint density at radius 1 is 1.15 bits per heavy atom. The van der Waals surface area contributed by atoms with Gasteiger partial charge in [0.05, 0.1) is 11.6 Å². The number of hydrogen-bond donors (Lipinski definition) is 0. The first-order valence-electron chi connectivity index (χ1n) is 10.5. The number of cyclic esters (lactones) is 1. The lowest BCUT2D eigenvalue weighted by atomic mass is 10.1. The Balaban J connectivity index is 1.62. The Hall–Kier alpha value is -2.36. The van der Waals surface area contributed by atoms with E-state index in [4.69, 9.17) is 25.8 Å². The summed E-state index contributed by atoms with van der Waals surface area (Å²) < 4.78 is 19.1. The summed E-state index contributed by atoms with van der Waals surface area (Å²) in [6.07, 6.45) is 1.62. The Morgan fingerprint density at radius 2 is 1.94 bits per heavy atom. The quantitative estimate of drug-likeness (QED) is 0.152. The molecule has 0 N–H and O–H groups in total. The highest BCUT2D eigenvalue weighted by molar-refractivity contribution is 14.1. The van der Waals surface area contributed by atoms with Crippen LogP contribution >= 0.6 is 50.1 Å². The molecular weight excluding hydrogens is 633 g/mol. The topological polar surface area (TPSA) is 57.1 Å². The lowest BCUT2D eigenvalue weighted by Gasteiger charge is -2.15. The lowest BCUT2D eigenvalue weighted by Crippen LogP contribution is -2.05. The normalized spacial score (nSPS) is 14.2. The van der Waals surface area contributed by atoms with Gasteiger partial charge in [0.25, 0.3) is 0 Å². The molecular formula is C26H20BrClINO4. The monoisotopic (exact) mass is 651 g/mol. The third kappa shape index (κ3) is 5.64. The third-order valence-corrected chi connectivity index (χ3v) is 7.67. The van der Waals surface area contributed by atoms with Crippen molar-refractivity contribution in [3.63, 3.8) is 0 Å². The molecule has 0 fully saturated rings. The van der Waals surface area contributed by atoms with Crippen molar-refractivity contribution in [3.8, 4) is 11.5 Å². The van der Waals surface area contributed by atoms with E-state index in [1.807, 2.05) is 56.3 Å². The molecule has 0 atom stereocenters. The summed E-state index contributed by atoms with van der Waals surface area (Å²) in [5, 5.41) is 0.378. The van der Waals surface area contributed by atoms with Crippen LogP contribution in [0.15, 0.2) is 69.8 Å². The molecule has 3 aromatic rings. The summed E-state index contributed by atoms with van der Waals surface area (Å²) in [5.74, 6) is 0.671. The van der Waals surface area contributed by atoms with Crippen LogP contribution in [-0.2, 0) is 16.1 Å². The summed E-state index contributed by atoms with van der Waals surface area (Å²) in [7, 11) is 0. The molecule has 0 saturated heterocycles. The molecule has 8 heteroatoms. The maximum absolute atomic E-state index is 12.5. The van der Waals surface area contributed by atoms with E-state index in [2.05, 4.69) is 43.5 Å². The molecule has 0 bridgehead atoms. The first-order chi connectivity index (χ1) is 16.4. The van der Waals surface area contributed by atoms with Gasteiger partial charge in [-0.05, 0) is 105 Å². The summed E-state index contributed by atoms with van der Waals surface area (Å²) in [5.41, 5.74) is 3.72. The molecule has 0 amide bonds. The van der Waals surface area contributed by atoms with E-state index in [0.29, 0.717) is 40.9 Å². The molecule has 1 heterocycles. The van der Waals surface area contributed by atoms with Gasteiger partial charge in [0.2, 0.25) is 5.90 Å². The van der Waals surface area contributed by atoms with Gasteiger partial charge in [-0.2, -0.15) is 0 Å². The van der Waals surface area contributed by atoms with Gasteiger partial charge in [0.1, 0.15) is 6.61 Å². The predicted molar refractivity (Wildman–Crippen MR) is 146 cm³/mol. The van der Waals surface area contributed by atoms with Crippen LogP contribution in [0.2, 0.25) is 5.02 Å². The molecule has 3 aromatic carbocycles. The molecule has 174 valence electrons. The van der Waals surface area contributed by atoms with E-state index >= 15 is 0 Å². The van der Waals surface area contributed by atoms with Crippen molar-refractivity contribution in [1.82, 2.24) is 0 Å². The van der Waals surface area contributed by atoms with E-state index in [1.165, 1.54) is 0 Å². The number of rotatable bonds is 7. The molecule has 0 saturated carbocycles. The molecule has 0 aromatic heterocycles. The molecule has 0 spiro atoms. The van der Waals surface area contributed by atoms with Crippen LogP contribution in [0, 0.1) is 10.5 Å². The standard InChI is InChI=1S/C26H20BrClINO4/c1-3-32-23-12-16(10-20(28)24(23)33-14-18-7-5-4-6-15(18)2)11-22-26(31)34-25(30-22)17-8-9-21(29)19(27)13-17/h4-13H,3,14H2,1-2H3/b22-11-. The molecule has 34 heavy (non-hydrogen) atoms. The molecule has 0 unspecified atom stereocenters. The molecule has 0 radical (unpaired) electrons. The van der Waals surface area contributed by atoms with Crippen molar-refractivity contribution in [2.75, 3.05) is 6.61 Å². The van der Waals surface area contributed by atoms with Crippen molar-refractivity contribution in [3.05, 3.63) is 95.6 Å². The summed E-state index contributed by atoms with van der Waals surface area (Å²) in [6, 6.07) is 17.1. The first-order valence-corrected chi connectivity index (χ1v) is 12.7. The van der Waals surface area contributed by atoms with Crippen LogP contribution in [0.5, 0.6) is 11.5 Å². The summed E-state index contributed by atoms with van der Waals surface area (Å²) in [6.45, 7) is 4.71. The molecule has 4 rings (SSSR count). The van der Waals surface area contributed by atoms with E-state index < -0.39 is 5.97 Å². The average Bonchev–Trinajstić information content (AvgIpc) is 3.16. The van der Waals surface area contributed by atoms with E-state index in [0.717, 1.165) is 19.2 Å². The number of esters is 1. The number of ether oxygens (including phenoxy) is 3. The molecule has 0 aliphatic carbocycles. The molecule has 1 aliphatic rings. The minimum atomic E-state index is -0.529. The van der Waals surface area contributed by atoms with Crippen molar-refractivity contribution < 1.29 is 19.0 Å². The highest BCUT2D eigenvalue weighted by Crippen LogP contribution is 2.38. The van der Waals surface area contributed by atoms with Gasteiger partial charge in [0.15, 0.2) is 17.2 Å². The fourth-order valence-corrected chi connectivity index (χ4v) is 4.30. The average molecular weight is 653 g/mol. The molecule has 1 aliphatic heterocycles. The number of halogens is 3. The van der Waals surface area contributed by atoms with Crippen molar-refractivity contribution in [2.45, 2.75) is 20.5 Å². The number of hydrogen-bond acceptors (Lipinski definition) is 5. The van der Waals surface area contributed by atoms with E-state index in [-0.39, 0.29) is 11.6 Å². The Labute approximate surface area is 225 Å². The van der Waals surface area contributed by atoms with Crippen molar-refractivity contribution in [2.24, 2.45) is 4.99 Å². The SMILES string of the molecule is CCOc1cc(/C=C2\N=C(c3ccc(I)c(Br)c3)OC2=O)cc(Cl)c1OCc1ccccc1C. The van der Waals surface area contributed by atoms with E-state index in [9.17, 15) is 4.79 Å². The van der Waals surface area contributed by atoms with Gasteiger partial charge in [-0.3, -0.25) is 0 Å². The largest absolute Gasteiger partial charge is 0.490 e. The van der Waals surface area contributed by atoms with Crippen LogP contribution in [0.3, 0.4) is 0 Å². The fourth-order valence-electron chi connectivity index (χ4n) is 3.32. The Morgan fingerprint density at radius 3 is 2.68 bits per heavy atom. The first kappa shape index (κ1) is 24.8. The minimum Gasteiger partial charge on any atom is -0.490 e. The van der Waals surface area contributed by atoms with Gasteiger partial charge >= 0.3 is 5.97 Å². The predicted octanol–water partition coefficient (Wildman–Crippen LogP) is 7.34. The summed E-state index contributed by atoms with van der Waals surface area (Å²) in [4.78, 5) is 16.8. The van der Waals surface area contributed by atoms with Crippen molar-refractivity contribution in [1.29, 1.82) is 0 Å². The Bertz CT molecular complexity index is 1320. The van der Waals surface area contributed by atoms with Gasteiger partial charge in [-0.1, -0.05) is 35.9 Å². The number of aliphatic imine (C=N–C) groups is 1. The van der Waals surface area contributed by atoms with Gasteiger partial charge < -0.3 is 14.2 Å². The number of aryl methyl sites for hydroxylation is 1. The van der Waals surface area contributed by atoms with Gasteiger partial charge in [-0.25, -0.2) is 9.79 Å². The number of nitrogens with zero attached hydrogens (tertiary/aromatic N) is 1. The minimum absolute atomic E-state index is 0.178. The second kappa shape index (κ2) is 10.9. The van der Waals surface area contributed by atoms with Crippen LogP contribution in [0.25, 0.3) is 6.08 Å². The number of carbonyl (C=O) groups is 1. The van der Waals surface area contributed by atoms with Crippen LogP contribution in [0.4, 0.5) is 0 Å². The van der Waals surface area contributed by atoms with Crippen molar-refractivity contribution >= 4 is 68.1 Å². The van der Waals surface area contributed by atoms with Crippen LogP contribution in [0.1, 0.15) is 29.2 Å². The van der Waals surface area contributed by atoms with Crippen LogP contribution in [-0.4, -0.2) is 18.5 Å². The smallest absolute Gasteiger partial charge is 0.363 e. The maximum atomic E-state index is 12.5. The zero-order chi connectivity index (χ0) is 24.2. The second-order valence-electron chi connectivity index (χ2n) is 7.44. The highest BCUT2D eigenvalue weighted by atomic mass is 127. The molecule has 5 nitrogen and oxygen atoms in total. The highest BCUT2D eigenvalue weighted by Gasteiger charge is 2.25.